The summed E-state index contributed by atoms with van der Waals surface area (Å²) in [6.07, 6.45) is -0.00741. The molecule has 26 heavy (non-hydrogen) atoms. The molecule has 0 radical (unpaired) electrons. The molecule has 2 aromatic rings. The van der Waals surface area contributed by atoms with Crippen LogP contribution in [0.3, 0.4) is 0 Å². The van der Waals surface area contributed by atoms with E-state index in [0.717, 1.165) is 10.6 Å². The molecular formula is C18H15Cl2NO4S. The van der Waals surface area contributed by atoms with E-state index >= 15 is 0 Å². The second kappa shape index (κ2) is 8.66. The van der Waals surface area contributed by atoms with Gasteiger partial charge >= 0.3 is 5.97 Å². The minimum Gasteiger partial charge on any atom is -0.488 e. The molecule has 8 heteroatoms. The van der Waals surface area contributed by atoms with Gasteiger partial charge in [0.15, 0.2) is 0 Å². The number of para-hydroxylation sites is 1. The Bertz CT molecular complexity index is 831. The van der Waals surface area contributed by atoms with Crippen LogP contribution in [0.2, 0.25) is 10.0 Å². The summed E-state index contributed by atoms with van der Waals surface area (Å²) in [5, 5.41) is 3.19. The van der Waals surface area contributed by atoms with Crippen molar-refractivity contribution in [1.29, 1.82) is 0 Å². The molecule has 1 amide bonds. The third-order valence-electron chi connectivity index (χ3n) is 3.56. The number of halogens is 2. The fourth-order valence-electron chi connectivity index (χ4n) is 2.34. The van der Waals surface area contributed by atoms with E-state index in [0.29, 0.717) is 15.8 Å². The predicted molar refractivity (Wildman–Crippen MR) is 102 cm³/mol. The van der Waals surface area contributed by atoms with Gasteiger partial charge in [0, 0.05) is 9.92 Å². The minimum atomic E-state index is -0.510. The highest BCUT2D eigenvalue weighted by Gasteiger charge is 2.29. The molecule has 136 valence electrons. The summed E-state index contributed by atoms with van der Waals surface area (Å²) in [7, 11) is 0. The Hall–Kier alpha value is -1.89. The number of esters is 1. The standard InChI is InChI=1S/C18H15Cl2NO4S/c19-11-5-6-14(12(20)9-11)24-7-8-25-17(22)10-16-18(23)21-13-3-1-2-4-15(13)26-16/h1-6,9,16H,7-8,10H2,(H,21,23)/t16-/m0/s1. The SMILES string of the molecule is O=C(C[C@@H]1Sc2ccccc2NC1=O)OCCOc1ccc(Cl)cc1Cl. The summed E-state index contributed by atoms with van der Waals surface area (Å²) in [6, 6.07) is 12.3. The highest BCUT2D eigenvalue weighted by molar-refractivity contribution is 8.01. The van der Waals surface area contributed by atoms with Crippen molar-refractivity contribution in [1.82, 2.24) is 0 Å². The Morgan fingerprint density at radius 3 is 2.77 bits per heavy atom. The van der Waals surface area contributed by atoms with Crippen molar-refractivity contribution in [3.8, 4) is 5.75 Å². The second-order valence-corrected chi connectivity index (χ2v) is 7.53. The highest BCUT2D eigenvalue weighted by atomic mass is 35.5. The number of ether oxygens (including phenoxy) is 2. The van der Waals surface area contributed by atoms with E-state index in [9.17, 15) is 9.59 Å². The van der Waals surface area contributed by atoms with Gasteiger partial charge in [0.05, 0.1) is 22.4 Å². The number of amides is 1. The average Bonchev–Trinajstić information content (AvgIpc) is 2.61. The Balaban J connectivity index is 1.44. The fourth-order valence-corrected chi connectivity index (χ4v) is 3.89. The lowest BCUT2D eigenvalue weighted by Gasteiger charge is -2.23. The molecule has 0 fully saturated rings. The Kier molecular flexibility index (Phi) is 6.29. The Morgan fingerprint density at radius 2 is 1.96 bits per heavy atom. The quantitative estimate of drug-likeness (QED) is 0.562. The summed E-state index contributed by atoms with van der Waals surface area (Å²) < 4.78 is 10.6. The first-order valence-electron chi connectivity index (χ1n) is 7.83. The van der Waals surface area contributed by atoms with Crippen LogP contribution in [0.25, 0.3) is 0 Å². The van der Waals surface area contributed by atoms with Crippen molar-refractivity contribution in [2.75, 3.05) is 18.5 Å². The van der Waals surface area contributed by atoms with Gasteiger partial charge in [-0.1, -0.05) is 35.3 Å². The van der Waals surface area contributed by atoms with E-state index in [-0.39, 0.29) is 25.5 Å². The van der Waals surface area contributed by atoms with Crippen LogP contribution in [-0.2, 0) is 14.3 Å². The number of carbonyl (C=O) groups excluding carboxylic acids is 2. The molecule has 1 aliphatic rings. The number of hydrogen-bond donors (Lipinski definition) is 1. The molecule has 0 aliphatic carbocycles. The molecule has 1 N–H and O–H groups in total. The zero-order valence-electron chi connectivity index (χ0n) is 13.5. The maximum Gasteiger partial charge on any atom is 0.307 e. The van der Waals surface area contributed by atoms with Crippen molar-refractivity contribution >= 4 is 52.5 Å². The number of thioether (sulfide) groups is 1. The van der Waals surface area contributed by atoms with Gasteiger partial charge in [-0.3, -0.25) is 9.59 Å². The van der Waals surface area contributed by atoms with E-state index in [1.54, 1.807) is 18.2 Å². The van der Waals surface area contributed by atoms with Gasteiger partial charge in [0.2, 0.25) is 5.91 Å². The zero-order valence-corrected chi connectivity index (χ0v) is 15.9. The monoisotopic (exact) mass is 411 g/mol. The molecule has 0 spiro atoms. The predicted octanol–water partition coefficient (Wildman–Crippen LogP) is 4.42. The van der Waals surface area contributed by atoms with E-state index < -0.39 is 11.2 Å². The van der Waals surface area contributed by atoms with Gasteiger partial charge in [-0.25, -0.2) is 0 Å². The second-order valence-electron chi connectivity index (χ2n) is 5.44. The largest absolute Gasteiger partial charge is 0.488 e. The topological polar surface area (TPSA) is 64.6 Å². The summed E-state index contributed by atoms with van der Waals surface area (Å²) in [6.45, 7) is 0.216. The Morgan fingerprint density at radius 1 is 1.15 bits per heavy atom. The minimum absolute atomic E-state index is 0.00741. The molecule has 0 bridgehead atoms. The van der Waals surface area contributed by atoms with Gasteiger partial charge in [0.25, 0.3) is 0 Å². The maximum atomic E-state index is 12.1. The van der Waals surface area contributed by atoms with Gasteiger partial charge < -0.3 is 14.8 Å². The van der Waals surface area contributed by atoms with Crippen molar-refractivity contribution < 1.29 is 19.1 Å². The number of carbonyl (C=O) groups is 2. The van der Waals surface area contributed by atoms with Gasteiger partial charge in [-0.05, 0) is 30.3 Å². The van der Waals surface area contributed by atoms with Gasteiger partial charge in [-0.2, -0.15) is 0 Å². The first kappa shape index (κ1) is 18.9. The van der Waals surface area contributed by atoms with Crippen LogP contribution in [0.5, 0.6) is 5.75 Å². The Labute approximate surface area is 165 Å². The summed E-state index contributed by atoms with van der Waals surface area (Å²) in [5.74, 6) is -0.191. The number of hydrogen-bond acceptors (Lipinski definition) is 5. The number of rotatable bonds is 6. The zero-order chi connectivity index (χ0) is 18.5. The lowest BCUT2D eigenvalue weighted by Crippen LogP contribution is -2.31. The van der Waals surface area contributed by atoms with Crippen LogP contribution >= 0.6 is 35.0 Å². The van der Waals surface area contributed by atoms with Crippen LogP contribution in [0.15, 0.2) is 47.4 Å². The number of fused-ring (bicyclic) bond motifs is 1. The van der Waals surface area contributed by atoms with Crippen LogP contribution in [0, 0.1) is 0 Å². The first-order valence-corrected chi connectivity index (χ1v) is 9.46. The third kappa shape index (κ3) is 4.84. The maximum absolute atomic E-state index is 12.1. The molecule has 1 atom stereocenters. The van der Waals surface area contributed by atoms with E-state index in [1.807, 2.05) is 24.3 Å². The van der Waals surface area contributed by atoms with Crippen LogP contribution in [0.4, 0.5) is 5.69 Å². The summed E-state index contributed by atoms with van der Waals surface area (Å²) >= 11 is 13.2. The molecule has 0 saturated heterocycles. The molecule has 0 aromatic heterocycles. The molecular weight excluding hydrogens is 397 g/mol. The molecule has 0 saturated carbocycles. The normalized spacial score (nSPS) is 15.8. The van der Waals surface area contributed by atoms with Crippen molar-refractivity contribution in [3.63, 3.8) is 0 Å². The smallest absolute Gasteiger partial charge is 0.307 e. The van der Waals surface area contributed by atoms with Gasteiger partial charge in [0.1, 0.15) is 19.0 Å². The van der Waals surface area contributed by atoms with Crippen molar-refractivity contribution in [3.05, 3.63) is 52.5 Å². The van der Waals surface area contributed by atoms with E-state index in [4.69, 9.17) is 32.7 Å². The van der Waals surface area contributed by atoms with Crippen molar-refractivity contribution in [2.45, 2.75) is 16.6 Å². The molecule has 0 unspecified atom stereocenters. The number of benzene rings is 2. The van der Waals surface area contributed by atoms with Crippen molar-refractivity contribution in [2.24, 2.45) is 0 Å². The highest BCUT2D eigenvalue weighted by Crippen LogP contribution is 2.36. The summed E-state index contributed by atoms with van der Waals surface area (Å²) in [5.41, 5.74) is 0.764. The number of anilines is 1. The third-order valence-corrected chi connectivity index (χ3v) is 5.36. The van der Waals surface area contributed by atoms with E-state index in [1.165, 1.54) is 11.8 Å². The van der Waals surface area contributed by atoms with Gasteiger partial charge in [-0.15, -0.1) is 11.8 Å². The van der Waals surface area contributed by atoms with Crippen LogP contribution in [0.1, 0.15) is 6.42 Å². The first-order chi connectivity index (χ1) is 12.5. The lowest BCUT2D eigenvalue weighted by atomic mass is 10.2. The molecule has 5 nitrogen and oxygen atoms in total. The average molecular weight is 412 g/mol. The lowest BCUT2D eigenvalue weighted by molar-refractivity contribution is -0.145. The summed E-state index contributed by atoms with van der Waals surface area (Å²) in [4.78, 5) is 25.0. The molecule has 2 aromatic carbocycles. The molecule has 1 aliphatic heterocycles. The molecule has 1 heterocycles. The number of nitrogens with one attached hydrogen (secondary N) is 1. The van der Waals surface area contributed by atoms with E-state index in [2.05, 4.69) is 5.32 Å². The van der Waals surface area contributed by atoms with Crippen LogP contribution < -0.4 is 10.1 Å². The fraction of sp³-hybridized carbons (Fsp3) is 0.222. The molecule has 3 rings (SSSR count). The van der Waals surface area contributed by atoms with Crippen LogP contribution in [-0.4, -0.2) is 30.3 Å².